The number of alkyl halides is 1. The zero-order chi connectivity index (χ0) is 11.8. The van der Waals surface area contributed by atoms with Gasteiger partial charge in [0.05, 0.1) is 12.2 Å². The third-order valence-electron chi connectivity index (χ3n) is 2.09. The highest BCUT2D eigenvalue weighted by atomic mass is 79.9. The number of carbonyl (C=O) groups excluding carboxylic acids is 1. The molecule has 0 fully saturated rings. The minimum Gasteiger partial charge on any atom is -0.462 e. The van der Waals surface area contributed by atoms with Crippen LogP contribution in [0.2, 0.25) is 0 Å². The molecular formula is C12H14Br2O2. The predicted octanol–water partition coefficient (Wildman–Crippen LogP) is 4.17. The molecule has 0 unspecified atom stereocenters. The van der Waals surface area contributed by atoms with E-state index in [0.717, 1.165) is 29.1 Å². The Hall–Kier alpha value is -0.350. The molecule has 0 bridgehead atoms. The van der Waals surface area contributed by atoms with Crippen LogP contribution in [0.25, 0.3) is 0 Å². The van der Waals surface area contributed by atoms with Crippen LogP contribution in [0.4, 0.5) is 0 Å². The van der Waals surface area contributed by atoms with E-state index in [1.165, 1.54) is 0 Å². The van der Waals surface area contributed by atoms with Crippen molar-refractivity contribution in [3.05, 3.63) is 34.3 Å². The van der Waals surface area contributed by atoms with Crippen LogP contribution in [-0.4, -0.2) is 17.9 Å². The molecule has 0 spiro atoms. The van der Waals surface area contributed by atoms with E-state index in [2.05, 4.69) is 31.9 Å². The fourth-order valence-electron chi connectivity index (χ4n) is 1.21. The van der Waals surface area contributed by atoms with E-state index in [1.54, 1.807) is 12.1 Å². The second-order valence-electron chi connectivity index (χ2n) is 3.39. The Morgan fingerprint density at radius 1 is 1.12 bits per heavy atom. The van der Waals surface area contributed by atoms with Crippen molar-refractivity contribution >= 4 is 37.8 Å². The van der Waals surface area contributed by atoms with Crippen LogP contribution in [-0.2, 0) is 4.74 Å². The molecule has 0 N–H and O–H groups in total. The molecule has 1 aromatic rings. The Balaban J connectivity index is 2.27. The van der Waals surface area contributed by atoms with Gasteiger partial charge in [-0.3, -0.25) is 0 Å². The zero-order valence-corrected chi connectivity index (χ0v) is 12.1. The summed E-state index contributed by atoms with van der Waals surface area (Å²) in [7, 11) is 0. The Kier molecular flexibility index (Phi) is 6.73. The van der Waals surface area contributed by atoms with Gasteiger partial charge in [0, 0.05) is 9.80 Å². The van der Waals surface area contributed by atoms with Gasteiger partial charge in [0.15, 0.2) is 0 Å². The summed E-state index contributed by atoms with van der Waals surface area (Å²) in [5.74, 6) is -0.244. The van der Waals surface area contributed by atoms with Crippen molar-refractivity contribution in [1.82, 2.24) is 0 Å². The number of benzene rings is 1. The normalized spacial score (nSPS) is 10.1. The number of unbranched alkanes of at least 4 members (excludes halogenated alkanes) is 2. The van der Waals surface area contributed by atoms with Crippen molar-refractivity contribution in [2.75, 3.05) is 11.9 Å². The molecule has 0 saturated heterocycles. The average Bonchev–Trinajstić information content (AvgIpc) is 2.29. The molecule has 16 heavy (non-hydrogen) atoms. The van der Waals surface area contributed by atoms with Crippen LogP contribution in [0.15, 0.2) is 28.7 Å². The third-order valence-corrected chi connectivity index (χ3v) is 3.18. The fraction of sp³-hybridized carbons (Fsp3) is 0.417. The molecule has 0 aromatic heterocycles. The molecule has 1 rings (SSSR count). The van der Waals surface area contributed by atoms with Crippen LogP contribution in [0.1, 0.15) is 29.6 Å². The van der Waals surface area contributed by atoms with E-state index in [4.69, 9.17) is 4.74 Å². The second kappa shape index (κ2) is 7.85. The number of hydrogen-bond donors (Lipinski definition) is 0. The van der Waals surface area contributed by atoms with E-state index in [0.29, 0.717) is 12.2 Å². The number of halogens is 2. The van der Waals surface area contributed by atoms with Gasteiger partial charge in [0.25, 0.3) is 0 Å². The highest BCUT2D eigenvalue weighted by Crippen LogP contribution is 2.11. The molecule has 1 aromatic carbocycles. The first-order valence-corrected chi connectivity index (χ1v) is 7.14. The Labute approximate surface area is 113 Å². The van der Waals surface area contributed by atoms with Crippen LogP contribution < -0.4 is 0 Å². The van der Waals surface area contributed by atoms with E-state index < -0.39 is 0 Å². The Morgan fingerprint density at radius 2 is 1.81 bits per heavy atom. The van der Waals surface area contributed by atoms with Crippen LogP contribution in [0.3, 0.4) is 0 Å². The number of esters is 1. The maximum absolute atomic E-state index is 11.5. The zero-order valence-electron chi connectivity index (χ0n) is 8.92. The van der Waals surface area contributed by atoms with Gasteiger partial charge >= 0.3 is 5.97 Å². The van der Waals surface area contributed by atoms with E-state index in [1.807, 2.05) is 12.1 Å². The number of ether oxygens (including phenoxy) is 1. The summed E-state index contributed by atoms with van der Waals surface area (Å²) in [6.45, 7) is 0.502. The van der Waals surface area contributed by atoms with Gasteiger partial charge in [0.1, 0.15) is 0 Å². The Morgan fingerprint density at radius 3 is 2.44 bits per heavy atom. The lowest BCUT2D eigenvalue weighted by Crippen LogP contribution is -2.06. The molecule has 2 nitrogen and oxygen atoms in total. The average molecular weight is 350 g/mol. The molecule has 4 heteroatoms. The minimum atomic E-state index is -0.244. The van der Waals surface area contributed by atoms with E-state index in [-0.39, 0.29) is 5.97 Å². The van der Waals surface area contributed by atoms with Crippen molar-refractivity contribution in [3.8, 4) is 0 Å². The molecule has 0 heterocycles. The molecule has 0 saturated carbocycles. The SMILES string of the molecule is O=C(OCCCCCBr)c1ccc(Br)cc1. The predicted molar refractivity (Wildman–Crippen MR) is 72.1 cm³/mol. The largest absolute Gasteiger partial charge is 0.462 e. The quantitative estimate of drug-likeness (QED) is 0.437. The first-order valence-electron chi connectivity index (χ1n) is 5.22. The van der Waals surface area contributed by atoms with Gasteiger partial charge in [-0.05, 0) is 43.5 Å². The Bertz CT molecular complexity index is 322. The van der Waals surface area contributed by atoms with Gasteiger partial charge in [-0.2, -0.15) is 0 Å². The van der Waals surface area contributed by atoms with Gasteiger partial charge in [-0.1, -0.05) is 31.9 Å². The topological polar surface area (TPSA) is 26.3 Å². The van der Waals surface area contributed by atoms with Crippen molar-refractivity contribution in [1.29, 1.82) is 0 Å². The first-order chi connectivity index (χ1) is 7.74. The van der Waals surface area contributed by atoms with Gasteiger partial charge in [-0.25, -0.2) is 4.79 Å². The lowest BCUT2D eigenvalue weighted by molar-refractivity contribution is 0.0498. The highest BCUT2D eigenvalue weighted by Gasteiger charge is 2.05. The van der Waals surface area contributed by atoms with Crippen molar-refractivity contribution in [2.45, 2.75) is 19.3 Å². The summed E-state index contributed by atoms with van der Waals surface area (Å²) in [6.07, 6.45) is 3.13. The maximum Gasteiger partial charge on any atom is 0.338 e. The molecule has 0 aliphatic heterocycles. The summed E-state index contributed by atoms with van der Waals surface area (Å²) in [5, 5.41) is 1.01. The second-order valence-corrected chi connectivity index (χ2v) is 5.10. The molecule has 0 aliphatic rings. The van der Waals surface area contributed by atoms with Crippen LogP contribution >= 0.6 is 31.9 Å². The molecular weight excluding hydrogens is 336 g/mol. The smallest absolute Gasteiger partial charge is 0.338 e. The van der Waals surface area contributed by atoms with E-state index in [9.17, 15) is 4.79 Å². The molecule has 0 amide bonds. The lowest BCUT2D eigenvalue weighted by Gasteiger charge is -2.04. The van der Waals surface area contributed by atoms with E-state index >= 15 is 0 Å². The lowest BCUT2D eigenvalue weighted by atomic mass is 10.2. The van der Waals surface area contributed by atoms with Gasteiger partial charge in [0.2, 0.25) is 0 Å². The summed E-state index contributed by atoms with van der Waals surface area (Å²) >= 11 is 6.68. The molecule has 0 atom stereocenters. The summed E-state index contributed by atoms with van der Waals surface area (Å²) < 4.78 is 6.10. The number of rotatable bonds is 6. The third kappa shape index (κ3) is 5.12. The van der Waals surface area contributed by atoms with Crippen LogP contribution in [0.5, 0.6) is 0 Å². The van der Waals surface area contributed by atoms with Crippen molar-refractivity contribution in [3.63, 3.8) is 0 Å². The monoisotopic (exact) mass is 348 g/mol. The maximum atomic E-state index is 11.5. The minimum absolute atomic E-state index is 0.244. The fourth-order valence-corrected chi connectivity index (χ4v) is 1.87. The van der Waals surface area contributed by atoms with Gasteiger partial charge in [-0.15, -0.1) is 0 Å². The van der Waals surface area contributed by atoms with Gasteiger partial charge < -0.3 is 4.74 Å². The number of hydrogen-bond acceptors (Lipinski definition) is 2. The molecule has 0 radical (unpaired) electrons. The molecule has 88 valence electrons. The summed E-state index contributed by atoms with van der Waals surface area (Å²) in [6, 6.07) is 7.18. The summed E-state index contributed by atoms with van der Waals surface area (Å²) in [5.41, 5.74) is 0.601. The van der Waals surface area contributed by atoms with Crippen molar-refractivity contribution in [2.24, 2.45) is 0 Å². The van der Waals surface area contributed by atoms with Crippen LogP contribution in [0, 0.1) is 0 Å². The number of carbonyl (C=O) groups is 1. The van der Waals surface area contributed by atoms with Crippen molar-refractivity contribution < 1.29 is 9.53 Å². The molecule has 0 aliphatic carbocycles. The highest BCUT2D eigenvalue weighted by molar-refractivity contribution is 9.10. The summed E-state index contributed by atoms with van der Waals surface area (Å²) in [4.78, 5) is 11.5. The standard InChI is InChI=1S/C12H14Br2O2/c13-8-2-1-3-9-16-12(15)10-4-6-11(14)7-5-10/h4-7H,1-3,8-9H2. The first kappa shape index (κ1) is 13.7.